The van der Waals surface area contributed by atoms with Crippen molar-refractivity contribution >= 4 is 11.8 Å². The number of hydrogen-bond acceptors (Lipinski definition) is 7. The Bertz CT molecular complexity index is 824. The monoisotopic (exact) mass is 313 g/mol. The molecule has 0 aliphatic rings. The molecule has 0 aliphatic heterocycles. The SMILES string of the molecule is COC(=O)c1ccc(CNc2cncc(-n3ccnc3C)n2)o1. The van der Waals surface area contributed by atoms with E-state index >= 15 is 0 Å². The number of furan rings is 1. The fraction of sp³-hybridized carbons (Fsp3) is 0.200. The first kappa shape index (κ1) is 14.8. The third-order valence-corrected chi connectivity index (χ3v) is 3.19. The van der Waals surface area contributed by atoms with Crippen molar-refractivity contribution in [1.82, 2.24) is 19.5 Å². The summed E-state index contributed by atoms with van der Waals surface area (Å²) in [5, 5.41) is 3.10. The zero-order valence-corrected chi connectivity index (χ0v) is 12.7. The van der Waals surface area contributed by atoms with Gasteiger partial charge < -0.3 is 14.5 Å². The molecule has 118 valence electrons. The number of nitrogens with one attached hydrogen (secondary N) is 1. The Morgan fingerprint density at radius 3 is 3.00 bits per heavy atom. The van der Waals surface area contributed by atoms with Crippen LogP contribution in [0.4, 0.5) is 5.82 Å². The lowest BCUT2D eigenvalue weighted by Crippen LogP contribution is -2.05. The van der Waals surface area contributed by atoms with Crippen molar-refractivity contribution in [2.24, 2.45) is 0 Å². The lowest BCUT2D eigenvalue weighted by Gasteiger charge is -2.07. The van der Waals surface area contributed by atoms with E-state index < -0.39 is 5.97 Å². The van der Waals surface area contributed by atoms with Crippen molar-refractivity contribution in [1.29, 1.82) is 0 Å². The van der Waals surface area contributed by atoms with Crippen molar-refractivity contribution in [3.8, 4) is 5.82 Å². The Hall–Kier alpha value is -3.16. The Morgan fingerprint density at radius 2 is 2.26 bits per heavy atom. The molecule has 3 aromatic heterocycles. The summed E-state index contributed by atoms with van der Waals surface area (Å²) in [7, 11) is 1.31. The highest BCUT2D eigenvalue weighted by Gasteiger charge is 2.11. The number of esters is 1. The molecular weight excluding hydrogens is 298 g/mol. The molecule has 1 N–H and O–H groups in total. The van der Waals surface area contributed by atoms with Gasteiger partial charge in [0.1, 0.15) is 17.4 Å². The van der Waals surface area contributed by atoms with Crippen LogP contribution in [-0.4, -0.2) is 32.6 Å². The van der Waals surface area contributed by atoms with Gasteiger partial charge in [0.15, 0.2) is 5.82 Å². The number of anilines is 1. The van der Waals surface area contributed by atoms with Gasteiger partial charge in [0, 0.05) is 12.4 Å². The maximum atomic E-state index is 11.3. The van der Waals surface area contributed by atoms with Gasteiger partial charge in [-0.1, -0.05) is 0 Å². The molecule has 0 aromatic carbocycles. The summed E-state index contributed by atoms with van der Waals surface area (Å²) < 4.78 is 11.8. The van der Waals surface area contributed by atoms with Crippen LogP contribution in [0.3, 0.4) is 0 Å². The van der Waals surface area contributed by atoms with Crippen LogP contribution in [0.15, 0.2) is 41.3 Å². The van der Waals surface area contributed by atoms with Gasteiger partial charge in [0.25, 0.3) is 0 Å². The molecule has 0 radical (unpaired) electrons. The molecule has 3 rings (SSSR count). The van der Waals surface area contributed by atoms with Gasteiger partial charge in [0.2, 0.25) is 5.76 Å². The number of nitrogens with zero attached hydrogens (tertiary/aromatic N) is 4. The molecule has 8 heteroatoms. The molecule has 0 bridgehead atoms. The lowest BCUT2D eigenvalue weighted by molar-refractivity contribution is 0.0563. The first-order valence-electron chi connectivity index (χ1n) is 6.90. The van der Waals surface area contributed by atoms with Gasteiger partial charge in [-0.2, -0.15) is 0 Å². The molecule has 23 heavy (non-hydrogen) atoms. The summed E-state index contributed by atoms with van der Waals surface area (Å²) in [6.45, 7) is 2.26. The molecule has 0 spiro atoms. The third-order valence-electron chi connectivity index (χ3n) is 3.19. The smallest absolute Gasteiger partial charge is 0.373 e. The van der Waals surface area contributed by atoms with E-state index in [1.165, 1.54) is 7.11 Å². The predicted molar refractivity (Wildman–Crippen MR) is 81.3 cm³/mol. The third kappa shape index (κ3) is 3.20. The van der Waals surface area contributed by atoms with E-state index in [2.05, 4.69) is 25.0 Å². The summed E-state index contributed by atoms with van der Waals surface area (Å²) in [5.74, 6) is 2.33. The van der Waals surface area contributed by atoms with E-state index in [1.54, 1.807) is 30.7 Å². The second-order valence-corrected chi connectivity index (χ2v) is 4.72. The Kier molecular flexibility index (Phi) is 4.05. The summed E-state index contributed by atoms with van der Waals surface area (Å²) in [5.41, 5.74) is 0. The maximum Gasteiger partial charge on any atom is 0.373 e. The zero-order valence-electron chi connectivity index (χ0n) is 12.7. The maximum absolute atomic E-state index is 11.3. The molecule has 3 heterocycles. The molecule has 0 saturated heterocycles. The lowest BCUT2D eigenvalue weighted by atomic mass is 10.4. The minimum atomic E-state index is -0.506. The Labute approximate surface area is 132 Å². The van der Waals surface area contributed by atoms with Gasteiger partial charge in [-0.05, 0) is 19.1 Å². The quantitative estimate of drug-likeness (QED) is 0.719. The van der Waals surface area contributed by atoms with Crippen LogP contribution in [0, 0.1) is 6.92 Å². The van der Waals surface area contributed by atoms with Gasteiger partial charge in [-0.25, -0.2) is 14.8 Å². The second kappa shape index (κ2) is 6.30. The van der Waals surface area contributed by atoms with Gasteiger partial charge in [-0.3, -0.25) is 9.55 Å². The van der Waals surface area contributed by atoms with Crippen molar-refractivity contribution < 1.29 is 13.9 Å². The molecular formula is C15H15N5O3. The minimum absolute atomic E-state index is 0.165. The normalized spacial score (nSPS) is 10.5. The van der Waals surface area contributed by atoms with Crippen LogP contribution >= 0.6 is 0 Å². The number of aromatic nitrogens is 4. The largest absolute Gasteiger partial charge is 0.463 e. The van der Waals surface area contributed by atoms with Crippen molar-refractivity contribution in [2.75, 3.05) is 12.4 Å². The van der Waals surface area contributed by atoms with Crippen molar-refractivity contribution in [3.05, 3.63) is 54.3 Å². The molecule has 0 atom stereocenters. The van der Waals surface area contributed by atoms with Crippen LogP contribution < -0.4 is 5.32 Å². The number of aryl methyl sites for hydroxylation is 1. The number of carbonyl (C=O) groups is 1. The number of methoxy groups -OCH3 is 1. The van der Waals surface area contributed by atoms with Gasteiger partial charge in [-0.15, -0.1) is 0 Å². The molecule has 0 saturated carbocycles. The average Bonchev–Trinajstić information content (AvgIpc) is 3.21. The number of ether oxygens (including phenoxy) is 1. The first-order chi connectivity index (χ1) is 11.2. The fourth-order valence-corrected chi connectivity index (χ4v) is 2.04. The molecule has 8 nitrogen and oxygen atoms in total. The van der Waals surface area contributed by atoms with E-state index in [9.17, 15) is 4.79 Å². The van der Waals surface area contributed by atoms with Crippen LogP contribution in [0.25, 0.3) is 5.82 Å². The van der Waals surface area contributed by atoms with Crippen LogP contribution in [0.5, 0.6) is 0 Å². The number of imidazole rings is 1. The summed E-state index contributed by atoms with van der Waals surface area (Å²) in [6.07, 6.45) is 6.79. The highest BCUT2D eigenvalue weighted by Crippen LogP contribution is 2.13. The summed E-state index contributed by atoms with van der Waals surface area (Å²) in [4.78, 5) is 24.1. The Balaban J connectivity index is 1.70. The van der Waals surface area contributed by atoms with E-state index in [0.717, 1.165) is 5.82 Å². The first-order valence-corrected chi connectivity index (χ1v) is 6.90. The van der Waals surface area contributed by atoms with Crippen LogP contribution in [0.1, 0.15) is 22.1 Å². The van der Waals surface area contributed by atoms with E-state index in [4.69, 9.17) is 4.42 Å². The summed E-state index contributed by atoms with van der Waals surface area (Å²) >= 11 is 0. The molecule has 0 aliphatic carbocycles. The number of hydrogen-bond donors (Lipinski definition) is 1. The second-order valence-electron chi connectivity index (χ2n) is 4.72. The molecule has 3 aromatic rings. The van der Waals surface area contributed by atoms with E-state index in [-0.39, 0.29) is 5.76 Å². The minimum Gasteiger partial charge on any atom is -0.463 e. The van der Waals surface area contributed by atoms with Gasteiger partial charge >= 0.3 is 5.97 Å². The zero-order chi connectivity index (χ0) is 16.2. The molecule has 0 amide bonds. The fourth-order valence-electron chi connectivity index (χ4n) is 2.04. The average molecular weight is 313 g/mol. The summed E-state index contributed by atoms with van der Waals surface area (Å²) in [6, 6.07) is 3.27. The van der Waals surface area contributed by atoms with Crippen molar-refractivity contribution in [2.45, 2.75) is 13.5 Å². The van der Waals surface area contributed by atoms with Gasteiger partial charge in [0.05, 0.1) is 26.0 Å². The standard InChI is InChI=1S/C15H15N5O3/c1-10-17-5-6-20(10)14-9-16-8-13(19-14)18-7-11-3-4-12(23-11)15(21)22-2/h3-6,8-9H,7H2,1-2H3,(H,18,19). The van der Waals surface area contributed by atoms with E-state index in [0.29, 0.717) is 23.9 Å². The number of carbonyl (C=O) groups excluding carboxylic acids is 1. The van der Waals surface area contributed by atoms with Crippen LogP contribution in [0.2, 0.25) is 0 Å². The van der Waals surface area contributed by atoms with Crippen LogP contribution in [-0.2, 0) is 11.3 Å². The molecule has 0 fully saturated rings. The van der Waals surface area contributed by atoms with Crippen molar-refractivity contribution in [3.63, 3.8) is 0 Å². The molecule has 0 unspecified atom stereocenters. The number of rotatable bonds is 5. The predicted octanol–water partition coefficient (Wildman–Crippen LogP) is 1.96. The Morgan fingerprint density at radius 1 is 1.39 bits per heavy atom. The highest BCUT2D eigenvalue weighted by atomic mass is 16.5. The van der Waals surface area contributed by atoms with E-state index in [1.807, 2.05) is 17.7 Å². The topological polar surface area (TPSA) is 95.1 Å². The highest BCUT2D eigenvalue weighted by molar-refractivity contribution is 5.86.